The number of hydrogen-bond acceptors (Lipinski definition) is 6. The van der Waals surface area contributed by atoms with Crippen molar-refractivity contribution >= 4 is 34.9 Å². The van der Waals surface area contributed by atoms with E-state index < -0.39 is 17.1 Å². The molecule has 0 bridgehead atoms. The molecule has 2 aromatic heterocycles. The molecular weight excluding hydrogens is 308 g/mol. The molecule has 8 heteroatoms. The molecular formula is C13H14N4O2S2. The third-order valence-corrected chi connectivity index (χ3v) is 4.92. The molecule has 4 N–H and O–H groups in total. The highest BCUT2D eigenvalue weighted by molar-refractivity contribution is 8.00. The molecule has 1 unspecified atom stereocenters. The number of pyridine rings is 1. The van der Waals surface area contributed by atoms with Crippen LogP contribution in [0.25, 0.3) is 0 Å². The van der Waals surface area contributed by atoms with Gasteiger partial charge in [0.15, 0.2) is 0 Å². The van der Waals surface area contributed by atoms with Gasteiger partial charge in [-0.1, -0.05) is 11.8 Å². The van der Waals surface area contributed by atoms with Crippen molar-refractivity contribution in [3.63, 3.8) is 0 Å². The van der Waals surface area contributed by atoms with Crippen molar-refractivity contribution in [3.8, 4) is 0 Å². The van der Waals surface area contributed by atoms with E-state index in [0.29, 0.717) is 15.6 Å². The minimum Gasteiger partial charge on any atom is -0.368 e. The Bertz CT molecular complexity index is 686. The lowest BCUT2D eigenvalue weighted by Gasteiger charge is -2.14. The van der Waals surface area contributed by atoms with E-state index in [2.05, 4.69) is 9.97 Å². The van der Waals surface area contributed by atoms with Gasteiger partial charge in [-0.15, -0.1) is 11.3 Å². The van der Waals surface area contributed by atoms with Crippen LogP contribution in [0.4, 0.5) is 0 Å². The van der Waals surface area contributed by atoms with Gasteiger partial charge in [0.05, 0.1) is 5.56 Å². The number of thioether (sulfide) groups is 1. The lowest BCUT2D eigenvalue weighted by atomic mass is 10.1. The predicted octanol–water partition coefficient (Wildman–Crippen LogP) is 1.57. The van der Waals surface area contributed by atoms with Crippen LogP contribution in [0.2, 0.25) is 0 Å². The summed E-state index contributed by atoms with van der Waals surface area (Å²) in [6.45, 7) is 3.59. The number of aromatic nitrogens is 2. The third kappa shape index (κ3) is 3.40. The predicted molar refractivity (Wildman–Crippen MR) is 82.1 cm³/mol. The molecule has 0 fully saturated rings. The molecule has 0 aliphatic carbocycles. The first-order valence-corrected chi connectivity index (χ1v) is 7.79. The maximum absolute atomic E-state index is 11.7. The number of amides is 2. The third-order valence-electron chi connectivity index (χ3n) is 2.72. The van der Waals surface area contributed by atoms with Crippen LogP contribution >= 0.6 is 23.1 Å². The molecule has 0 saturated heterocycles. The maximum atomic E-state index is 11.7. The Hall–Kier alpha value is -1.93. The van der Waals surface area contributed by atoms with E-state index in [1.807, 2.05) is 6.92 Å². The summed E-state index contributed by atoms with van der Waals surface area (Å²) >= 11 is 2.42. The summed E-state index contributed by atoms with van der Waals surface area (Å²) in [5, 5.41) is 2.04. The molecule has 2 heterocycles. The Labute approximate surface area is 130 Å². The highest BCUT2D eigenvalue weighted by Gasteiger charge is 2.26. The van der Waals surface area contributed by atoms with Crippen molar-refractivity contribution in [1.29, 1.82) is 0 Å². The minimum absolute atomic E-state index is 0.313. The summed E-state index contributed by atoms with van der Waals surface area (Å²) in [6.07, 6.45) is 1.60. The fourth-order valence-corrected chi connectivity index (χ4v) is 3.90. The number of nitrogens with two attached hydrogens (primary N) is 2. The Morgan fingerprint density at radius 2 is 2.05 bits per heavy atom. The van der Waals surface area contributed by atoms with Crippen LogP contribution in [0.5, 0.6) is 0 Å². The number of primary amides is 2. The normalized spacial score (nSPS) is 12.1. The van der Waals surface area contributed by atoms with E-state index >= 15 is 0 Å². The second kappa shape index (κ2) is 6.23. The Morgan fingerprint density at radius 3 is 2.57 bits per heavy atom. The largest absolute Gasteiger partial charge is 0.368 e. The standard InChI is InChI=1S/C13H14N4O2S2/c1-6-5-7(2)17-12(8(6)10(14)18)21-9(11(15)19)13-16-3-4-20-13/h3-5,9H,1-2H3,(H2,14,18)(H2,15,19). The highest BCUT2D eigenvalue weighted by Crippen LogP contribution is 2.37. The van der Waals surface area contributed by atoms with Crippen molar-refractivity contribution in [2.45, 2.75) is 24.1 Å². The molecule has 6 nitrogen and oxygen atoms in total. The van der Waals surface area contributed by atoms with E-state index in [0.717, 1.165) is 23.0 Å². The number of hydrogen-bond donors (Lipinski definition) is 2. The van der Waals surface area contributed by atoms with Crippen LogP contribution in [-0.2, 0) is 4.79 Å². The molecule has 0 spiro atoms. The molecule has 2 amide bonds. The van der Waals surface area contributed by atoms with Crippen molar-refractivity contribution in [1.82, 2.24) is 9.97 Å². The van der Waals surface area contributed by atoms with Gasteiger partial charge in [-0.2, -0.15) is 0 Å². The first kappa shape index (κ1) is 15.5. The van der Waals surface area contributed by atoms with Gasteiger partial charge in [0.25, 0.3) is 5.91 Å². The lowest BCUT2D eigenvalue weighted by Crippen LogP contribution is -2.21. The average Bonchev–Trinajstić information content (AvgIpc) is 2.87. The van der Waals surface area contributed by atoms with Gasteiger partial charge in [-0.25, -0.2) is 9.97 Å². The zero-order valence-electron chi connectivity index (χ0n) is 11.5. The first-order valence-electron chi connectivity index (χ1n) is 6.03. The summed E-state index contributed by atoms with van der Waals surface area (Å²) in [7, 11) is 0. The molecule has 0 radical (unpaired) electrons. The van der Waals surface area contributed by atoms with E-state index in [9.17, 15) is 9.59 Å². The monoisotopic (exact) mass is 322 g/mol. The Balaban J connectivity index is 2.46. The molecule has 0 aliphatic heterocycles. The van der Waals surface area contributed by atoms with Gasteiger partial charge < -0.3 is 11.5 Å². The molecule has 21 heavy (non-hydrogen) atoms. The van der Waals surface area contributed by atoms with Gasteiger partial charge in [-0.3, -0.25) is 9.59 Å². The first-order chi connectivity index (χ1) is 9.90. The SMILES string of the molecule is Cc1cc(C)c(C(N)=O)c(SC(C(N)=O)c2nccs2)n1. The van der Waals surface area contributed by atoms with E-state index in [-0.39, 0.29) is 0 Å². The number of thiazole rings is 1. The van der Waals surface area contributed by atoms with Crippen molar-refractivity contribution in [3.05, 3.63) is 39.5 Å². The van der Waals surface area contributed by atoms with Gasteiger partial charge in [0.2, 0.25) is 5.91 Å². The second-order valence-electron chi connectivity index (χ2n) is 4.40. The minimum atomic E-state index is -0.697. The summed E-state index contributed by atoms with van der Waals surface area (Å²) in [5.41, 5.74) is 12.6. The molecule has 2 aromatic rings. The van der Waals surface area contributed by atoms with Crippen LogP contribution in [0.15, 0.2) is 22.7 Å². The Kier molecular flexibility index (Phi) is 4.59. The number of carbonyl (C=O) groups excluding carboxylic acids is 2. The van der Waals surface area contributed by atoms with E-state index in [4.69, 9.17) is 11.5 Å². The fourth-order valence-electron chi connectivity index (χ4n) is 1.89. The zero-order valence-corrected chi connectivity index (χ0v) is 13.1. The van der Waals surface area contributed by atoms with Crippen molar-refractivity contribution in [2.75, 3.05) is 0 Å². The number of aryl methyl sites for hydroxylation is 2. The van der Waals surface area contributed by atoms with Crippen LogP contribution in [0, 0.1) is 13.8 Å². The number of nitrogens with zero attached hydrogens (tertiary/aromatic N) is 2. The number of carbonyl (C=O) groups is 2. The topological polar surface area (TPSA) is 112 Å². The molecule has 0 aliphatic rings. The smallest absolute Gasteiger partial charge is 0.251 e. The quantitative estimate of drug-likeness (QED) is 0.811. The van der Waals surface area contributed by atoms with Crippen molar-refractivity contribution in [2.24, 2.45) is 11.5 Å². The van der Waals surface area contributed by atoms with Crippen LogP contribution < -0.4 is 11.5 Å². The average molecular weight is 322 g/mol. The lowest BCUT2D eigenvalue weighted by molar-refractivity contribution is -0.117. The van der Waals surface area contributed by atoms with Gasteiger partial charge in [0, 0.05) is 17.3 Å². The molecule has 0 aromatic carbocycles. The van der Waals surface area contributed by atoms with Gasteiger partial charge in [-0.05, 0) is 25.5 Å². The maximum Gasteiger partial charge on any atom is 0.251 e. The zero-order chi connectivity index (χ0) is 15.6. The molecule has 1 atom stereocenters. The summed E-state index contributed by atoms with van der Waals surface area (Å²) < 4.78 is 0. The second-order valence-corrected chi connectivity index (χ2v) is 6.42. The van der Waals surface area contributed by atoms with Crippen LogP contribution in [-0.4, -0.2) is 21.8 Å². The number of rotatable bonds is 5. The van der Waals surface area contributed by atoms with Gasteiger partial charge in [0.1, 0.15) is 15.3 Å². The molecule has 2 rings (SSSR count). The summed E-state index contributed by atoms with van der Waals surface area (Å²) in [5.74, 6) is -1.11. The summed E-state index contributed by atoms with van der Waals surface area (Å²) in [4.78, 5) is 31.7. The molecule has 110 valence electrons. The van der Waals surface area contributed by atoms with Crippen molar-refractivity contribution < 1.29 is 9.59 Å². The fraction of sp³-hybridized carbons (Fsp3) is 0.231. The summed E-state index contributed by atoms with van der Waals surface area (Å²) in [6, 6.07) is 1.77. The van der Waals surface area contributed by atoms with Gasteiger partial charge >= 0.3 is 0 Å². The van der Waals surface area contributed by atoms with Crippen LogP contribution in [0.3, 0.4) is 0 Å². The van der Waals surface area contributed by atoms with Crippen LogP contribution in [0.1, 0.15) is 31.9 Å². The van der Waals surface area contributed by atoms with E-state index in [1.165, 1.54) is 11.3 Å². The van der Waals surface area contributed by atoms with E-state index in [1.54, 1.807) is 24.6 Å². The highest BCUT2D eigenvalue weighted by atomic mass is 32.2. The Morgan fingerprint density at radius 1 is 1.33 bits per heavy atom. The molecule has 0 saturated carbocycles.